The van der Waals surface area contributed by atoms with Crippen LogP contribution in [0.15, 0.2) is 65.2 Å². The number of likely N-dealkylation sites (N-methyl/N-ethyl adjacent to an activating group) is 1. The Morgan fingerprint density at radius 2 is 1.84 bits per heavy atom. The van der Waals surface area contributed by atoms with Crippen LogP contribution in [0.2, 0.25) is 0 Å². The molecule has 0 aliphatic carbocycles. The standard InChI is InChI=1S/C24H20N4O4/c1-14-21-16(12-17(26-23(21)32-27-14)15-8-4-3-5-9-15)24(30)28-13-20(22(29)25-2)31-19-11-7-6-10-18(19)28/h3-12,20H,13H2,1-2H3,(H,25,29). The van der Waals surface area contributed by atoms with E-state index in [0.717, 1.165) is 5.56 Å². The number of rotatable bonds is 3. The monoisotopic (exact) mass is 428 g/mol. The maximum atomic E-state index is 13.9. The number of para-hydroxylation sites is 2. The Bertz CT molecular complexity index is 1330. The molecule has 160 valence electrons. The van der Waals surface area contributed by atoms with Crippen LogP contribution in [0.3, 0.4) is 0 Å². The largest absolute Gasteiger partial charge is 0.477 e. The van der Waals surface area contributed by atoms with Crippen molar-refractivity contribution < 1.29 is 18.8 Å². The third-order valence-corrected chi connectivity index (χ3v) is 5.47. The Labute approximate surface area is 183 Å². The average Bonchev–Trinajstić information content (AvgIpc) is 3.23. The summed E-state index contributed by atoms with van der Waals surface area (Å²) in [6, 6.07) is 18.5. The molecule has 8 heteroatoms. The number of hydrogen-bond donors (Lipinski definition) is 1. The smallest absolute Gasteiger partial charge is 0.262 e. The Morgan fingerprint density at radius 1 is 1.09 bits per heavy atom. The van der Waals surface area contributed by atoms with Gasteiger partial charge < -0.3 is 19.5 Å². The van der Waals surface area contributed by atoms with Gasteiger partial charge in [0.2, 0.25) is 0 Å². The average molecular weight is 428 g/mol. The highest BCUT2D eigenvalue weighted by atomic mass is 16.5. The molecule has 1 unspecified atom stereocenters. The van der Waals surface area contributed by atoms with Crippen LogP contribution >= 0.6 is 0 Å². The Hall–Kier alpha value is -4.20. The van der Waals surface area contributed by atoms with Crippen molar-refractivity contribution >= 4 is 28.6 Å². The van der Waals surface area contributed by atoms with E-state index in [1.807, 2.05) is 36.4 Å². The van der Waals surface area contributed by atoms with E-state index in [0.29, 0.717) is 33.8 Å². The van der Waals surface area contributed by atoms with E-state index in [9.17, 15) is 9.59 Å². The number of pyridine rings is 1. The topological polar surface area (TPSA) is 97.6 Å². The first-order valence-corrected chi connectivity index (χ1v) is 10.2. The third kappa shape index (κ3) is 3.26. The van der Waals surface area contributed by atoms with Gasteiger partial charge in [-0.1, -0.05) is 47.6 Å². The zero-order valence-corrected chi connectivity index (χ0v) is 17.5. The summed E-state index contributed by atoms with van der Waals surface area (Å²) in [5.74, 6) is -0.120. The lowest BCUT2D eigenvalue weighted by Crippen LogP contribution is -2.50. The molecular weight excluding hydrogens is 408 g/mol. The van der Waals surface area contributed by atoms with Gasteiger partial charge in [-0.2, -0.15) is 0 Å². The van der Waals surface area contributed by atoms with Crippen molar-refractivity contribution in [1.82, 2.24) is 15.5 Å². The van der Waals surface area contributed by atoms with Crippen LogP contribution < -0.4 is 15.0 Å². The van der Waals surface area contributed by atoms with Gasteiger partial charge in [0.15, 0.2) is 6.10 Å². The van der Waals surface area contributed by atoms with Crippen LogP contribution in [-0.2, 0) is 4.79 Å². The number of amides is 2. The molecule has 2 amide bonds. The zero-order valence-electron chi connectivity index (χ0n) is 17.5. The van der Waals surface area contributed by atoms with Gasteiger partial charge in [0, 0.05) is 12.6 Å². The lowest BCUT2D eigenvalue weighted by Gasteiger charge is -2.34. The molecule has 2 aromatic carbocycles. The molecule has 0 fully saturated rings. The highest BCUT2D eigenvalue weighted by molar-refractivity contribution is 6.15. The van der Waals surface area contributed by atoms with Crippen LogP contribution in [0.4, 0.5) is 5.69 Å². The summed E-state index contributed by atoms with van der Waals surface area (Å²) in [6.07, 6.45) is -0.826. The summed E-state index contributed by atoms with van der Waals surface area (Å²) in [4.78, 5) is 32.4. The lowest BCUT2D eigenvalue weighted by atomic mass is 10.0. The number of nitrogens with zero attached hydrogens (tertiary/aromatic N) is 3. The maximum absolute atomic E-state index is 13.9. The van der Waals surface area contributed by atoms with Gasteiger partial charge in [-0.3, -0.25) is 9.59 Å². The van der Waals surface area contributed by atoms with E-state index in [4.69, 9.17) is 9.26 Å². The molecule has 32 heavy (non-hydrogen) atoms. The molecule has 5 rings (SSSR count). The van der Waals surface area contributed by atoms with E-state index >= 15 is 0 Å². The summed E-state index contributed by atoms with van der Waals surface area (Å²) in [5, 5.41) is 7.17. The Balaban J connectivity index is 1.66. The number of nitrogens with one attached hydrogen (secondary N) is 1. The molecule has 0 radical (unpaired) electrons. The Kier molecular flexibility index (Phi) is 4.82. The van der Waals surface area contributed by atoms with Crippen LogP contribution in [-0.4, -0.2) is 41.7 Å². The third-order valence-electron chi connectivity index (χ3n) is 5.47. The van der Waals surface area contributed by atoms with Crippen molar-refractivity contribution in [3.8, 4) is 17.0 Å². The van der Waals surface area contributed by atoms with Crippen molar-refractivity contribution in [3.63, 3.8) is 0 Å². The van der Waals surface area contributed by atoms with E-state index < -0.39 is 6.10 Å². The van der Waals surface area contributed by atoms with Crippen molar-refractivity contribution in [1.29, 1.82) is 0 Å². The van der Waals surface area contributed by atoms with Crippen molar-refractivity contribution in [2.24, 2.45) is 0 Å². The number of carbonyl (C=O) groups is 2. The first kappa shape index (κ1) is 19.7. The van der Waals surface area contributed by atoms with Gasteiger partial charge in [-0.25, -0.2) is 4.98 Å². The molecule has 1 aliphatic heterocycles. The molecular formula is C24H20N4O4. The first-order chi connectivity index (χ1) is 15.6. The number of fused-ring (bicyclic) bond motifs is 2. The minimum absolute atomic E-state index is 0.0737. The van der Waals surface area contributed by atoms with Gasteiger partial charge in [0.05, 0.1) is 34.6 Å². The van der Waals surface area contributed by atoms with Crippen LogP contribution in [0.5, 0.6) is 5.75 Å². The van der Waals surface area contributed by atoms with Crippen molar-refractivity contribution in [2.45, 2.75) is 13.0 Å². The van der Waals surface area contributed by atoms with Crippen molar-refractivity contribution in [2.75, 3.05) is 18.5 Å². The van der Waals surface area contributed by atoms with E-state index in [2.05, 4.69) is 15.5 Å². The summed E-state index contributed by atoms with van der Waals surface area (Å²) in [7, 11) is 1.54. The molecule has 0 bridgehead atoms. The lowest BCUT2D eigenvalue weighted by molar-refractivity contribution is -0.127. The minimum Gasteiger partial charge on any atom is -0.477 e. The zero-order chi connectivity index (χ0) is 22.2. The van der Waals surface area contributed by atoms with Crippen LogP contribution in [0.1, 0.15) is 16.1 Å². The molecule has 1 atom stereocenters. The van der Waals surface area contributed by atoms with E-state index in [1.165, 1.54) is 7.05 Å². The highest BCUT2D eigenvalue weighted by Gasteiger charge is 2.35. The van der Waals surface area contributed by atoms with Gasteiger partial charge in [0.1, 0.15) is 5.75 Å². The van der Waals surface area contributed by atoms with E-state index in [1.54, 1.807) is 36.1 Å². The number of ether oxygens (including phenoxy) is 1. The number of benzene rings is 2. The van der Waals surface area contributed by atoms with Gasteiger partial charge in [-0.15, -0.1) is 0 Å². The number of anilines is 1. The predicted octanol–water partition coefficient (Wildman–Crippen LogP) is 3.35. The minimum atomic E-state index is -0.826. The molecule has 0 saturated carbocycles. The second kappa shape index (κ2) is 7.81. The molecule has 0 spiro atoms. The summed E-state index contributed by atoms with van der Waals surface area (Å²) >= 11 is 0. The number of aromatic nitrogens is 2. The molecule has 0 saturated heterocycles. The normalized spacial score (nSPS) is 15.2. The van der Waals surface area contributed by atoms with Crippen molar-refractivity contribution in [3.05, 3.63) is 71.9 Å². The van der Waals surface area contributed by atoms with Crippen LogP contribution in [0.25, 0.3) is 22.4 Å². The summed E-state index contributed by atoms with van der Waals surface area (Å²) in [6.45, 7) is 1.84. The van der Waals surface area contributed by atoms with E-state index in [-0.39, 0.29) is 24.1 Å². The predicted molar refractivity (Wildman–Crippen MR) is 119 cm³/mol. The fourth-order valence-electron chi connectivity index (χ4n) is 3.89. The fourth-order valence-corrected chi connectivity index (χ4v) is 3.89. The molecule has 2 aromatic heterocycles. The molecule has 4 aromatic rings. The second-order valence-electron chi connectivity index (χ2n) is 7.47. The quantitative estimate of drug-likeness (QED) is 0.537. The highest BCUT2D eigenvalue weighted by Crippen LogP contribution is 2.36. The number of hydrogen-bond acceptors (Lipinski definition) is 6. The van der Waals surface area contributed by atoms with Gasteiger partial charge in [-0.05, 0) is 25.1 Å². The second-order valence-corrected chi connectivity index (χ2v) is 7.47. The van der Waals surface area contributed by atoms with Crippen LogP contribution in [0, 0.1) is 6.92 Å². The number of carbonyl (C=O) groups excluding carboxylic acids is 2. The summed E-state index contributed by atoms with van der Waals surface area (Å²) in [5.41, 5.74) is 3.31. The molecule has 8 nitrogen and oxygen atoms in total. The fraction of sp³-hybridized carbons (Fsp3) is 0.167. The first-order valence-electron chi connectivity index (χ1n) is 10.2. The van der Waals surface area contributed by atoms with Gasteiger partial charge in [0.25, 0.3) is 17.5 Å². The Morgan fingerprint density at radius 3 is 2.62 bits per heavy atom. The molecule has 1 N–H and O–H groups in total. The molecule has 1 aliphatic rings. The molecule has 3 heterocycles. The maximum Gasteiger partial charge on any atom is 0.262 e. The summed E-state index contributed by atoms with van der Waals surface area (Å²) < 4.78 is 11.3. The SMILES string of the molecule is CNC(=O)C1CN(C(=O)c2cc(-c3ccccc3)nc3onc(C)c23)c2ccccc2O1. The van der Waals surface area contributed by atoms with Gasteiger partial charge >= 0.3 is 0 Å². The number of aryl methyl sites for hydroxylation is 1.